The lowest BCUT2D eigenvalue weighted by atomic mass is 10.0. The zero-order valence-corrected chi connectivity index (χ0v) is 12.9. The minimum absolute atomic E-state index is 0.0950. The highest BCUT2D eigenvalue weighted by atomic mass is 16.2. The smallest absolute Gasteiger partial charge is 0.272 e. The molecule has 0 aliphatic carbocycles. The lowest BCUT2D eigenvalue weighted by Crippen LogP contribution is -2.29. The van der Waals surface area contributed by atoms with E-state index < -0.39 is 0 Å². The maximum absolute atomic E-state index is 12.5. The van der Waals surface area contributed by atoms with Crippen LogP contribution in [0.4, 0.5) is 0 Å². The quantitative estimate of drug-likeness (QED) is 0.850. The van der Waals surface area contributed by atoms with E-state index in [2.05, 4.69) is 37.1 Å². The Hall–Kier alpha value is -2.10. The van der Waals surface area contributed by atoms with E-state index in [1.54, 1.807) is 4.68 Å². The van der Waals surface area contributed by atoms with Crippen molar-refractivity contribution in [3.8, 4) is 11.3 Å². The van der Waals surface area contributed by atoms with E-state index in [0.29, 0.717) is 5.69 Å². The van der Waals surface area contributed by atoms with Crippen molar-refractivity contribution in [3.05, 3.63) is 41.1 Å². The molecule has 0 radical (unpaired) electrons. The normalized spacial score (nSPS) is 14.7. The van der Waals surface area contributed by atoms with Gasteiger partial charge in [-0.15, -0.1) is 0 Å². The minimum atomic E-state index is 0.0950. The van der Waals surface area contributed by atoms with Crippen LogP contribution in [0.5, 0.6) is 0 Å². The third kappa shape index (κ3) is 2.58. The summed E-state index contributed by atoms with van der Waals surface area (Å²) in [5, 5.41) is 4.51. The van der Waals surface area contributed by atoms with Crippen molar-refractivity contribution in [2.24, 2.45) is 7.05 Å². The lowest BCUT2D eigenvalue weighted by molar-refractivity contribution is 0.0782. The van der Waals surface area contributed by atoms with Crippen LogP contribution in [0.15, 0.2) is 24.3 Å². The molecule has 1 aliphatic heterocycles. The second-order valence-corrected chi connectivity index (χ2v) is 5.84. The summed E-state index contributed by atoms with van der Waals surface area (Å²) < 4.78 is 1.70. The van der Waals surface area contributed by atoms with Crippen LogP contribution in [0.1, 0.15) is 34.5 Å². The molecule has 0 spiro atoms. The summed E-state index contributed by atoms with van der Waals surface area (Å²) in [5.74, 6) is 0.0950. The highest BCUT2D eigenvalue weighted by Crippen LogP contribution is 2.23. The van der Waals surface area contributed by atoms with Crippen LogP contribution in [0.3, 0.4) is 0 Å². The maximum Gasteiger partial charge on any atom is 0.272 e. The lowest BCUT2D eigenvalue weighted by Gasteiger charge is -2.14. The number of carbonyl (C=O) groups is 1. The van der Waals surface area contributed by atoms with Gasteiger partial charge < -0.3 is 4.90 Å². The molecule has 1 aromatic heterocycles. The van der Waals surface area contributed by atoms with Gasteiger partial charge >= 0.3 is 0 Å². The maximum atomic E-state index is 12.5. The molecule has 21 heavy (non-hydrogen) atoms. The predicted molar refractivity (Wildman–Crippen MR) is 83.3 cm³/mol. The number of likely N-dealkylation sites (tertiary alicyclic amines) is 1. The standard InChI is InChI=1S/C17H21N3O/c1-12-6-7-14(10-13(12)2)15-11-16(19(3)18-15)17(21)20-8-4-5-9-20/h6-7,10-11H,4-5,8-9H2,1-3H3. The fourth-order valence-electron chi connectivity index (χ4n) is 2.79. The molecule has 2 aromatic rings. The number of aromatic nitrogens is 2. The zero-order chi connectivity index (χ0) is 15.0. The Bertz CT molecular complexity index is 681. The van der Waals surface area contributed by atoms with Crippen LogP contribution in [0.25, 0.3) is 11.3 Å². The molecule has 4 heteroatoms. The van der Waals surface area contributed by atoms with Gasteiger partial charge in [-0.05, 0) is 49.9 Å². The van der Waals surface area contributed by atoms with Gasteiger partial charge in [0.2, 0.25) is 0 Å². The van der Waals surface area contributed by atoms with Crippen molar-refractivity contribution in [3.63, 3.8) is 0 Å². The average Bonchev–Trinajstić information content (AvgIpc) is 3.10. The Kier molecular flexibility index (Phi) is 3.53. The van der Waals surface area contributed by atoms with Crippen LogP contribution in [0.2, 0.25) is 0 Å². The van der Waals surface area contributed by atoms with Gasteiger partial charge in [0.05, 0.1) is 5.69 Å². The van der Waals surface area contributed by atoms with E-state index in [-0.39, 0.29) is 5.91 Å². The number of hydrogen-bond donors (Lipinski definition) is 0. The first-order valence-electron chi connectivity index (χ1n) is 7.47. The molecule has 1 aromatic carbocycles. The van der Waals surface area contributed by atoms with Crippen LogP contribution in [-0.2, 0) is 7.05 Å². The Balaban J connectivity index is 1.93. The number of aryl methyl sites for hydroxylation is 3. The van der Waals surface area contributed by atoms with Crippen molar-refractivity contribution >= 4 is 5.91 Å². The first-order chi connectivity index (χ1) is 10.1. The molecular formula is C17H21N3O. The van der Waals surface area contributed by atoms with E-state index in [1.807, 2.05) is 18.0 Å². The second kappa shape index (κ2) is 5.35. The molecule has 1 saturated heterocycles. The molecule has 4 nitrogen and oxygen atoms in total. The molecule has 3 rings (SSSR count). The third-order valence-electron chi connectivity index (χ3n) is 4.29. The Morgan fingerprint density at radius 1 is 1.10 bits per heavy atom. The zero-order valence-electron chi connectivity index (χ0n) is 12.9. The summed E-state index contributed by atoms with van der Waals surface area (Å²) in [6.07, 6.45) is 2.21. The van der Waals surface area contributed by atoms with E-state index in [1.165, 1.54) is 11.1 Å². The first-order valence-corrected chi connectivity index (χ1v) is 7.47. The van der Waals surface area contributed by atoms with Crippen molar-refractivity contribution in [2.75, 3.05) is 13.1 Å². The van der Waals surface area contributed by atoms with Crippen LogP contribution < -0.4 is 0 Å². The molecule has 110 valence electrons. The van der Waals surface area contributed by atoms with Crippen LogP contribution in [-0.4, -0.2) is 33.7 Å². The second-order valence-electron chi connectivity index (χ2n) is 5.84. The number of nitrogens with zero attached hydrogens (tertiary/aromatic N) is 3. The fraction of sp³-hybridized carbons (Fsp3) is 0.412. The summed E-state index contributed by atoms with van der Waals surface area (Å²) >= 11 is 0. The molecular weight excluding hydrogens is 262 g/mol. The van der Waals surface area contributed by atoms with Crippen molar-refractivity contribution in [2.45, 2.75) is 26.7 Å². The van der Waals surface area contributed by atoms with Crippen molar-refractivity contribution < 1.29 is 4.79 Å². The van der Waals surface area contributed by atoms with Crippen molar-refractivity contribution in [1.82, 2.24) is 14.7 Å². The number of hydrogen-bond acceptors (Lipinski definition) is 2. The molecule has 1 fully saturated rings. The van der Waals surface area contributed by atoms with E-state index in [4.69, 9.17) is 0 Å². The van der Waals surface area contributed by atoms with Gasteiger partial charge in [-0.2, -0.15) is 5.10 Å². The van der Waals surface area contributed by atoms with Crippen molar-refractivity contribution in [1.29, 1.82) is 0 Å². The molecule has 1 amide bonds. The molecule has 0 saturated carbocycles. The molecule has 0 bridgehead atoms. The summed E-state index contributed by atoms with van der Waals surface area (Å²) in [6.45, 7) is 5.92. The third-order valence-corrected chi connectivity index (χ3v) is 4.29. The molecule has 0 atom stereocenters. The largest absolute Gasteiger partial charge is 0.337 e. The summed E-state index contributed by atoms with van der Waals surface area (Å²) in [4.78, 5) is 14.4. The summed E-state index contributed by atoms with van der Waals surface area (Å²) in [5.41, 5.74) is 5.11. The van der Waals surface area contributed by atoms with Gasteiger partial charge in [-0.25, -0.2) is 0 Å². The first kappa shape index (κ1) is 13.9. The molecule has 1 aliphatic rings. The predicted octanol–water partition coefficient (Wildman–Crippen LogP) is 2.94. The van der Waals surface area contributed by atoms with Gasteiger partial charge in [0.25, 0.3) is 5.91 Å². The molecule has 0 N–H and O–H groups in total. The summed E-state index contributed by atoms with van der Waals surface area (Å²) in [7, 11) is 1.84. The minimum Gasteiger partial charge on any atom is -0.337 e. The van der Waals surface area contributed by atoms with Gasteiger partial charge in [0.15, 0.2) is 0 Å². The van der Waals surface area contributed by atoms with Gasteiger partial charge in [0, 0.05) is 25.7 Å². The van der Waals surface area contributed by atoms with Gasteiger partial charge in [0.1, 0.15) is 5.69 Å². The van der Waals surface area contributed by atoms with E-state index in [0.717, 1.165) is 37.2 Å². The SMILES string of the molecule is Cc1ccc(-c2cc(C(=O)N3CCCC3)n(C)n2)cc1C. The Labute approximate surface area is 125 Å². The number of rotatable bonds is 2. The highest BCUT2D eigenvalue weighted by molar-refractivity contribution is 5.93. The Morgan fingerprint density at radius 3 is 2.48 bits per heavy atom. The topological polar surface area (TPSA) is 38.1 Å². The van der Waals surface area contributed by atoms with E-state index >= 15 is 0 Å². The number of carbonyl (C=O) groups excluding carboxylic acids is 1. The van der Waals surface area contributed by atoms with E-state index in [9.17, 15) is 4.79 Å². The Morgan fingerprint density at radius 2 is 1.81 bits per heavy atom. The monoisotopic (exact) mass is 283 g/mol. The summed E-state index contributed by atoms with van der Waals surface area (Å²) in [6, 6.07) is 8.20. The molecule has 2 heterocycles. The fourth-order valence-corrected chi connectivity index (χ4v) is 2.79. The van der Waals surface area contributed by atoms with Crippen LogP contribution in [0, 0.1) is 13.8 Å². The average molecular weight is 283 g/mol. The highest BCUT2D eigenvalue weighted by Gasteiger charge is 2.23. The van der Waals surface area contributed by atoms with Crippen LogP contribution >= 0.6 is 0 Å². The number of benzene rings is 1. The number of amides is 1. The van der Waals surface area contributed by atoms with Gasteiger partial charge in [-0.1, -0.05) is 12.1 Å². The molecule has 0 unspecified atom stereocenters. The van der Waals surface area contributed by atoms with Gasteiger partial charge in [-0.3, -0.25) is 9.48 Å².